The van der Waals surface area contributed by atoms with Crippen LogP contribution in [-0.2, 0) is 19.6 Å². The number of sulfonamides is 1. The standard InChI is InChI=1S/C12H25N3O4S/c1-3-15(20(2,17)18)8-4-7-14-12(16)11-6-5-10(9-13)19-11/h10-11H,3-9,13H2,1-2H3,(H,14,16). The Labute approximate surface area is 120 Å². The molecule has 1 fully saturated rings. The number of hydrogen-bond donors (Lipinski definition) is 2. The molecule has 1 amide bonds. The molecule has 2 atom stereocenters. The van der Waals surface area contributed by atoms with Gasteiger partial charge in [0, 0.05) is 26.2 Å². The molecule has 20 heavy (non-hydrogen) atoms. The molecule has 1 saturated heterocycles. The minimum absolute atomic E-state index is 0.0217. The molecule has 1 rings (SSSR count). The summed E-state index contributed by atoms with van der Waals surface area (Å²) in [7, 11) is -3.16. The van der Waals surface area contributed by atoms with Crippen LogP contribution in [0.25, 0.3) is 0 Å². The van der Waals surface area contributed by atoms with Gasteiger partial charge in [0.1, 0.15) is 6.10 Å². The van der Waals surface area contributed by atoms with E-state index in [0.29, 0.717) is 39.0 Å². The van der Waals surface area contributed by atoms with Gasteiger partial charge in [-0.05, 0) is 19.3 Å². The van der Waals surface area contributed by atoms with Gasteiger partial charge in [-0.15, -0.1) is 0 Å². The highest BCUT2D eigenvalue weighted by Crippen LogP contribution is 2.18. The molecular weight excluding hydrogens is 282 g/mol. The summed E-state index contributed by atoms with van der Waals surface area (Å²) in [6.45, 7) is 3.52. The van der Waals surface area contributed by atoms with Crippen molar-refractivity contribution in [1.29, 1.82) is 0 Å². The van der Waals surface area contributed by atoms with Crippen LogP contribution in [0.5, 0.6) is 0 Å². The van der Waals surface area contributed by atoms with Crippen molar-refractivity contribution >= 4 is 15.9 Å². The first-order valence-corrected chi connectivity index (χ1v) is 8.81. The Morgan fingerprint density at radius 2 is 2.15 bits per heavy atom. The van der Waals surface area contributed by atoms with E-state index in [2.05, 4.69) is 5.32 Å². The van der Waals surface area contributed by atoms with Gasteiger partial charge in [0.2, 0.25) is 15.9 Å². The number of ether oxygens (including phenoxy) is 1. The van der Waals surface area contributed by atoms with E-state index in [-0.39, 0.29) is 12.0 Å². The molecule has 1 aliphatic heterocycles. The zero-order chi connectivity index (χ0) is 15.2. The Bertz CT molecular complexity index is 413. The topological polar surface area (TPSA) is 102 Å². The van der Waals surface area contributed by atoms with E-state index in [1.54, 1.807) is 6.92 Å². The van der Waals surface area contributed by atoms with Crippen molar-refractivity contribution in [3.05, 3.63) is 0 Å². The molecule has 0 bridgehead atoms. The SMILES string of the molecule is CCN(CCCNC(=O)C1CCC(CN)O1)S(C)(=O)=O. The summed E-state index contributed by atoms with van der Waals surface area (Å²) in [5.41, 5.74) is 5.49. The summed E-state index contributed by atoms with van der Waals surface area (Å²) in [5.74, 6) is -0.136. The second-order valence-electron chi connectivity index (χ2n) is 4.96. The molecular formula is C12H25N3O4S. The molecule has 0 aromatic rings. The van der Waals surface area contributed by atoms with Crippen molar-refractivity contribution in [2.45, 2.75) is 38.4 Å². The fourth-order valence-electron chi connectivity index (χ4n) is 2.21. The molecule has 0 saturated carbocycles. The van der Waals surface area contributed by atoms with Crippen LogP contribution in [0.1, 0.15) is 26.2 Å². The van der Waals surface area contributed by atoms with Crippen LogP contribution in [0.4, 0.5) is 0 Å². The zero-order valence-corrected chi connectivity index (χ0v) is 13.0. The highest BCUT2D eigenvalue weighted by atomic mass is 32.2. The fraction of sp³-hybridized carbons (Fsp3) is 0.917. The van der Waals surface area contributed by atoms with Gasteiger partial charge >= 0.3 is 0 Å². The first-order chi connectivity index (χ1) is 9.38. The normalized spacial score (nSPS) is 23.2. The Morgan fingerprint density at radius 1 is 1.45 bits per heavy atom. The molecule has 0 radical (unpaired) electrons. The van der Waals surface area contributed by atoms with Crippen molar-refractivity contribution in [2.24, 2.45) is 5.73 Å². The van der Waals surface area contributed by atoms with E-state index in [4.69, 9.17) is 10.5 Å². The van der Waals surface area contributed by atoms with Gasteiger partial charge in [-0.2, -0.15) is 0 Å². The monoisotopic (exact) mass is 307 g/mol. The number of hydrogen-bond acceptors (Lipinski definition) is 5. The lowest BCUT2D eigenvalue weighted by molar-refractivity contribution is -0.131. The molecule has 1 heterocycles. The second kappa shape index (κ2) is 7.92. The minimum Gasteiger partial charge on any atom is -0.364 e. The number of nitrogens with one attached hydrogen (secondary N) is 1. The summed E-state index contributed by atoms with van der Waals surface area (Å²) in [5, 5.41) is 2.77. The van der Waals surface area contributed by atoms with Crippen molar-refractivity contribution < 1.29 is 17.9 Å². The first kappa shape index (κ1) is 17.4. The summed E-state index contributed by atoms with van der Waals surface area (Å²) in [6.07, 6.45) is 2.84. The largest absolute Gasteiger partial charge is 0.364 e. The van der Waals surface area contributed by atoms with Gasteiger partial charge in [0.15, 0.2) is 0 Å². The maximum Gasteiger partial charge on any atom is 0.249 e. The molecule has 7 nitrogen and oxygen atoms in total. The third kappa shape index (κ3) is 5.35. The maximum absolute atomic E-state index is 11.8. The van der Waals surface area contributed by atoms with Crippen LogP contribution < -0.4 is 11.1 Å². The van der Waals surface area contributed by atoms with Gasteiger partial charge in [-0.1, -0.05) is 6.92 Å². The summed E-state index contributed by atoms with van der Waals surface area (Å²) < 4.78 is 29.6. The Kier molecular flexibility index (Phi) is 6.87. The predicted molar refractivity (Wildman–Crippen MR) is 76.7 cm³/mol. The van der Waals surface area contributed by atoms with Crippen LogP contribution in [0.15, 0.2) is 0 Å². The van der Waals surface area contributed by atoms with Crippen molar-refractivity contribution in [2.75, 3.05) is 32.4 Å². The van der Waals surface area contributed by atoms with Gasteiger partial charge in [0.25, 0.3) is 0 Å². The maximum atomic E-state index is 11.8. The lowest BCUT2D eigenvalue weighted by atomic mass is 10.2. The highest BCUT2D eigenvalue weighted by molar-refractivity contribution is 7.88. The van der Waals surface area contributed by atoms with E-state index in [1.807, 2.05) is 0 Å². The quantitative estimate of drug-likeness (QED) is 0.576. The molecule has 0 aromatic heterocycles. The van der Waals surface area contributed by atoms with E-state index < -0.39 is 16.1 Å². The number of carbonyl (C=O) groups is 1. The number of rotatable bonds is 8. The molecule has 1 aliphatic rings. The summed E-state index contributed by atoms with van der Waals surface area (Å²) >= 11 is 0. The van der Waals surface area contributed by atoms with Crippen molar-refractivity contribution in [1.82, 2.24) is 9.62 Å². The molecule has 8 heteroatoms. The lowest BCUT2D eigenvalue weighted by Crippen LogP contribution is -2.38. The summed E-state index contributed by atoms with van der Waals surface area (Å²) in [4.78, 5) is 11.8. The molecule has 2 unspecified atom stereocenters. The van der Waals surface area contributed by atoms with E-state index >= 15 is 0 Å². The fourth-order valence-corrected chi connectivity index (χ4v) is 3.14. The third-order valence-corrected chi connectivity index (χ3v) is 4.75. The third-order valence-electron chi connectivity index (χ3n) is 3.37. The van der Waals surface area contributed by atoms with Crippen LogP contribution in [0.3, 0.4) is 0 Å². The van der Waals surface area contributed by atoms with Gasteiger partial charge in [-0.25, -0.2) is 12.7 Å². The molecule has 0 aliphatic carbocycles. The Balaban J connectivity index is 2.23. The van der Waals surface area contributed by atoms with Crippen LogP contribution in [0.2, 0.25) is 0 Å². The van der Waals surface area contributed by atoms with Gasteiger partial charge in [-0.3, -0.25) is 4.79 Å². The van der Waals surface area contributed by atoms with Crippen LogP contribution in [-0.4, -0.2) is 63.3 Å². The Morgan fingerprint density at radius 3 is 2.65 bits per heavy atom. The van der Waals surface area contributed by atoms with E-state index in [0.717, 1.165) is 6.42 Å². The van der Waals surface area contributed by atoms with Crippen LogP contribution in [0, 0.1) is 0 Å². The van der Waals surface area contributed by atoms with E-state index in [9.17, 15) is 13.2 Å². The van der Waals surface area contributed by atoms with Crippen molar-refractivity contribution in [3.8, 4) is 0 Å². The molecule has 118 valence electrons. The zero-order valence-electron chi connectivity index (χ0n) is 12.2. The number of nitrogens with zero attached hydrogens (tertiary/aromatic N) is 1. The smallest absolute Gasteiger partial charge is 0.249 e. The predicted octanol–water partition coefficient (Wildman–Crippen LogP) is -0.719. The first-order valence-electron chi connectivity index (χ1n) is 6.96. The number of carbonyl (C=O) groups excluding carboxylic acids is 1. The van der Waals surface area contributed by atoms with E-state index in [1.165, 1.54) is 10.6 Å². The average molecular weight is 307 g/mol. The van der Waals surface area contributed by atoms with Crippen molar-refractivity contribution in [3.63, 3.8) is 0 Å². The van der Waals surface area contributed by atoms with Crippen LogP contribution >= 0.6 is 0 Å². The molecule has 3 N–H and O–H groups in total. The number of amides is 1. The summed E-state index contributed by atoms with van der Waals surface area (Å²) in [6, 6.07) is 0. The van der Waals surface area contributed by atoms with Gasteiger partial charge in [0.05, 0.1) is 12.4 Å². The second-order valence-corrected chi connectivity index (χ2v) is 6.94. The molecule has 0 spiro atoms. The van der Waals surface area contributed by atoms with Gasteiger partial charge < -0.3 is 15.8 Å². The molecule has 0 aromatic carbocycles. The average Bonchev–Trinajstić information content (AvgIpc) is 2.85. The lowest BCUT2D eigenvalue weighted by Gasteiger charge is -2.18. The highest BCUT2D eigenvalue weighted by Gasteiger charge is 2.29. The minimum atomic E-state index is -3.16. The number of nitrogens with two attached hydrogens (primary N) is 1. The Hall–Kier alpha value is -0.700.